The molecule has 2 amide bonds. The number of ether oxygens (including phenoxy) is 1. The van der Waals surface area contributed by atoms with Gasteiger partial charge in [0.05, 0.1) is 25.0 Å². The first-order valence-corrected chi connectivity index (χ1v) is 7.46. The van der Waals surface area contributed by atoms with E-state index in [0.717, 1.165) is 16.1 Å². The minimum absolute atomic E-state index is 0.0215. The number of benzene rings is 1. The maximum atomic E-state index is 11.6. The summed E-state index contributed by atoms with van der Waals surface area (Å²) in [6.07, 6.45) is 0.170. The molecule has 1 aliphatic rings. The van der Waals surface area contributed by atoms with Crippen LogP contribution in [-0.4, -0.2) is 30.6 Å². The van der Waals surface area contributed by atoms with E-state index in [0.29, 0.717) is 12.3 Å². The molecule has 7 heteroatoms. The van der Waals surface area contributed by atoms with E-state index in [9.17, 15) is 14.4 Å². The molecule has 0 atom stereocenters. The van der Waals surface area contributed by atoms with Gasteiger partial charge >= 0.3 is 5.97 Å². The van der Waals surface area contributed by atoms with Gasteiger partial charge in [-0.15, -0.1) is 11.8 Å². The Morgan fingerprint density at radius 1 is 1.38 bits per heavy atom. The van der Waals surface area contributed by atoms with Gasteiger partial charge in [-0.1, -0.05) is 6.07 Å². The summed E-state index contributed by atoms with van der Waals surface area (Å²) in [7, 11) is 1.29. The molecule has 0 unspecified atom stereocenters. The molecule has 0 radical (unpaired) electrons. The Labute approximate surface area is 126 Å². The fourth-order valence-corrected chi connectivity index (χ4v) is 2.64. The lowest BCUT2D eigenvalue weighted by molar-refractivity contribution is -0.142. The van der Waals surface area contributed by atoms with Crippen LogP contribution in [0.2, 0.25) is 0 Å². The smallest absolute Gasteiger partial charge is 0.306 e. The Kier molecular flexibility index (Phi) is 5.21. The average molecular weight is 308 g/mol. The van der Waals surface area contributed by atoms with Crippen LogP contribution in [0.4, 0.5) is 5.69 Å². The molecular weight excluding hydrogens is 292 g/mol. The van der Waals surface area contributed by atoms with E-state index in [2.05, 4.69) is 15.4 Å². The molecule has 21 heavy (non-hydrogen) atoms. The van der Waals surface area contributed by atoms with Gasteiger partial charge in [0, 0.05) is 17.9 Å². The molecule has 0 saturated carbocycles. The lowest BCUT2D eigenvalue weighted by Gasteiger charge is -2.17. The van der Waals surface area contributed by atoms with Gasteiger partial charge in [0.2, 0.25) is 11.8 Å². The van der Waals surface area contributed by atoms with E-state index < -0.39 is 5.97 Å². The molecular formula is C14H16N2O4S. The van der Waals surface area contributed by atoms with Crippen molar-refractivity contribution >= 4 is 35.2 Å². The number of methoxy groups -OCH3 is 1. The zero-order chi connectivity index (χ0) is 15.2. The number of carbonyl (C=O) groups excluding carboxylic acids is 3. The first-order chi connectivity index (χ1) is 10.1. The van der Waals surface area contributed by atoms with Crippen molar-refractivity contribution in [1.82, 2.24) is 5.32 Å². The molecule has 0 fully saturated rings. The van der Waals surface area contributed by atoms with Crippen molar-refractivity contribution in [3.05, 3.63) is 23.8 Å². The number of fused-ring (bicyclic) bond motifs is 1. The highest BCUT2D eigenvalue weighted by molar-refractivity contribution is 8.00. The summed E-state index contributed by atoms with van der Waals surface area (Å²) in [5.74, 6) is -0.210. The lowest BCUT2D eigenvalue weighted by atomic mass is 10.2. The van der Waals surface area contributed by atoms with Crippen LogP contribution >= 0.6 is 11.8 Å². The summed E-state index contributed by atoms with van der Waals surface area (Å²) in [6.45, 7) is 0.355. The zero-order valence-electron chi connectivity index (χ0n) is 11.6. The first kappa shape index (κ1) is 15.4. The molecule has 1 heterocycles. The van der Waals surface area contributed by atoms with Gasteiger partial charge in [-0.3, -0.25) is 14.4 Å². The van der Waals surface area contributed by atoms with Crippen molar-refractivity contribution in [3.63, 3.8) is 0 Å². The van der Waals surface area contributed by atoms with Gasteiger partial charge in [-0.2, -0.15) is 0 Å². The Morgan fingerprint density at radius 2 is 2.19 bits per heavy atom. The molecule has 6 nitrogen and oxygen atoms in total. The van der Waals surface area contributed by atoms with E-state index in [1.807, 2.05) is 18.2 Å². The molecule has 1 aliphatic heterocycles. The standard InChI is InChI=1S/C14H16N2O4S/c1-20-14(19)5-4-12(17)15-7-9-2-3-11-10(6-9)16-13(18)8-21-11/h2-3,6H,4-5,7-8H2,1H3,(H,15,17)(H,16,18). The van der Waals surface area contributed by atoms with Crippen molar-refractivity contribution in [2.24, 2.45) is 0 Å². The number of thioether (sulfide) groups is 1. The largest absolute Gasteiger partial charge is 0.469 e. The zero-order valence-corrected chi connectivity index (χ0v) is 12.4. The minimum atomic E-state index is -0.404. The Bertz CT molecular complexity index is 574. The van der Waals surface area contributed by atoms with E-state index in [4.69, 9.17) is 0 Å². The SMILES string of the molecule is COC(=O)CCC(=O)NCc1ccc2c(c1)NC(=O)CS2. The molecule has 0 spiro atoms. The van der Waals surface area contributed by atoms with Crippen LogP contribution in [0.15, 0.2) is 23.1 Å². The molecule has 2 rings (SSSR count). The van der Waals surface area contributed by atoms with Crippen LogP contribution in [0.5, 0.6) is 0 Å². The number of anilines is 1. The normalized spacial score (nSPS) is 13.1. The highest BCUT2D eigenvalue weighted by atomic mass is 32.2. The van der Waals surface area contributed by atoms with Crippen LogP contribution in [0.1, 0.15) is 18.4 Å². The topological polar surface area (TPSA) is 84.5 Å². The number of esters is 1. The Hall–Kier alpha value is -2.02. The highest BCUT2D eigenvalue weighted by Gasteiger charge is 2.15. The van der Waals surface area contributed by atoms with E-state index >= 15 is 0 Å². The molecule has 0 saturated heterocycles. The molecule has 1 aromatic rings. The van der Waals surface area contributed by atoms with Gasteiger partial charge in [-0.25, -0.2) is 0 Å². The molecule has 0 aliphatic carbocycles. The van der Waals surface area contributed by atoms with Crippen molar-refractivity contribution < 1.29 is 19.1 Å². The number of rotatable bonds is 5. The third-order valence-corrected chi connectivity index (χ3v) is 4.02. The van der Waals surface area contributed by atoms with E-state index in [1.54, 1.807) is 0 Å². The maximum Gasteiger partial charge on any atom is 0.306 e. The van der Waals surface area contributed by atoms with Gasteiger partial charge < -0.3 is 15.4 Å². The number of hydrogen-bond acceptors (Lipinski definition) is 5. The molecule has 0 bridgehead atoms. The average Bonchev–Trinajstić information content (AvgIpc) is 2.49. The summed E-state index contributed by atoms with van der Waals surface area (Å²) >= 11 is 1.49. The predicted molar refractivity (Wildman–Crippen MR) is 78.9 cm³/mol. The summed E-state index contributed by atoms with van der Waals surface area (Å²) in [5.41, 5.74) is 1.67. The van der Waals surface area contributed by atoms with Gasteiger partial charge in [-0.05, 0) is 17.7 Å². The van der Waals surface area contributed by atoms with E-state index in [-0.39, 0.29) is 24.7 Å². The Balaban J connectivity index is 1.86. The molecule has 0 aromatic heterocycles. The van der Waals surface area contributed by atoms with Crippen LogP contribution in [0, 0.1) is 0 Å². The second-order valence-corrected chi connectivity index (χ2v) is 5.54. The summed E-state index contributed by atoms with van der Waals surface area (Å²) in [6, 6.07) is 5.68. The van der Waals surface area contributed by atoms with Crippen LogP contribution in [0.3, 0.4) is 0 Å². The third kappa shape index (κ3) is 4.49. The van der Waals surface area contributed by atoms with Gasteiger partial charge in [0.15, 0.2) is 0 Å². The monoisotopic (exact) mass is 308 g/mol. The summed E-state index contributed by atoms with van der Waals surface area (Å²) in [4.78, 5) is 34.9. The number of amides is 2. The van der Waals surface area contributed by atoms with Gasteiger partial charge in [0.25, 0.3) is 0 Å². The quantitative estimate of drug-likeness (QED) is 0.801. The molecule has 1 aromatic carbocycles. The highest BCUT2D eigenvalue weighted by Crippen LogP contribution is 2.31. The van der Waals surface area contributed by atoms with Crippen molar-refractivity contribution in [2.75, 3.05) is 18.2 Å². The van der Waals surface area contributed by atoms with Crippen LogP contribution in [-0.2, 0) is 25.7 Å². The number of nitrogens with one attached hydrogen (secondary N) is 2. The van der Waals surface area contributed by atoms with Crippen LogP contribution in [0.25, 0.3) is 0 Å². The predicted octanol–water partition coefficient (Wildman–Crippen LogP) is 1.30. The first-order valence-electron chi connectivity index (χ1n) is 6.47. The number of hydrogen-bond donors (Lipinski definition) is 2. The van der Waals surface area contributed by atoms with Crippen molar-refractivity contribution in [2.45, 2.75) is 24.3 Å². The maximum absolute atomic E-state index is 11.6. The second-order valence-electron chi connectivity index (χ2n) is 4.52. The Morgan fingerprint density at radius 3 is 2.95 bits per heavy atom. The van der Waals surface area contributed by atoms with Gasteiger partial charge in [0.1, 0.15) is 0 Å². The van der Waals surface area contributed by atoms with Crippen molar-refractivity contribution in [1.29, 1.82) is 0 Å². The van der Waals surface area contributed by atoms with Crippen molar-refractivity contribution in [3.8, 4) is 0 Å². The number of carbonyl (C=O) groups is 3. The van der Waals surface area contributed by atoms with Crippen LogP contribution < -0.4 is 10.6 Å². The fraction of sp³-hybridized carbons (Fsp3) is 0.357. The minimum Gasteiger partial charge on any atom is -0.469 e. The van der Waals surface area contributed by atoms with E-state index in [1.165, 1.54) is 18.9 Å². The second kappa shape index (κ2) is 7.12. The third-order valence-electron chi connectivity index (χ3n) is 2.95. The lowest BCUT2D eigenvalue weighted by Crippen LogP contribution is -2.24. The molecule has 112 valence electrons. The fourth-order valence-electron chi connectivity index (χ4n) is 1.85. The summed E-state index contributed by atoms with van der Waals surface area (Å²) < 4.78 is 4.47. The summed E-state index contributed by atoms with van der Waals surface area (Å²) in [5, 5.41) is 5.53. The molecule has 2 N–H and O–H groups in total.